The first-order chi connectivity index (χ1) is 11.6. The Balaban J connectivity index is 1.89. The Hall–Kier alpha value is -2.80. The summed E-state index contributed by atoms with van der Waals surface area (Å²) >= 11 is 1.28. The van der Waals surface area contributed by atoms with Gasteiger partial charge in [0.1, 0.15) is 6.04 Å². The van der Waals surface area contributed by atoms with E-state index >= 15 is 0 Å². The molecule has 0 radical (unpaired) electrons. The van der Waals surface area contributed by atoms with E-state index in [9.17, 15) is 19.5 Å². The molecule has 0 aliphatic heterocycles. The zero-order chi connectivity index (χ0) is 17.4. The summed E-state index contributed by atoms with van der Waals surface area (Å²) in [6.45, 7) is 0. The van der Waals surface area contributed by atoms with Gasteiger partial charge in [0.25, 0.3) is 0 Å². The number of benzene rings is 2. The first-order valence-electron chi connectivity index (χ1n) is 7.04. The SMILES string of the molecule is O=C(NC(CSc1ccccc1)C(=O)O)OC(=O)c1ccccc1. The van der Waals surface area contributed by atoms with Crippen molar-refractivity contribution in [1.29, 1.82) is 0 Å². The van der Waals surface area contributed by atoms with Crippen molar-refractivity contribution in [2.24, 2.45) is 0 Å². The normalized spacial score (nSPS) is 11.3. The molecule has 2 rings (SSSR count). The van der Waals surface area contributed by atoms with Crippen LogP contribution in [0.2, 0.25) is 0 Å². The second kappa shape index (κ2) is 8.73. The minimum atomic E-state index is -1.21. The fourth-order valence-electron chi connectivity index (χ4n) is 1.76. The average molecular weight is 345 g/mol. The summed E-state index contributed by atoms with van der Waals surface area (Å²) in [5.41, 5.74) is 0.207. The van der Waals surface area contributed by atoms with E-state index < -0.39 is 24.1 Å². The number of amides is 1. The molecule has 0 spiro atoms. The van der Waals surface area contributed by atoms with Crippen LogP contribution < -0.4 is 5.32 Å². The van der Waals surface area contributed by atoms with Crippen LogP contribution in [0.3, 0.4) is 0 Å². The summed E-state index contributed by atoms with van der Waals surface area (Å²) < 4.78 is 4.61. The van der Waals surface area contributed by atoms with Gasteiger partial charge in [0.2, 0.25) is 0 Å². The van der Waals surface area contributed by atoms with Crippen molar-refractivity contribution in [3.05, 3.63) is 66.2 Å². The maximum absolute atomic E-state index is 11.8. The molecule has 0 saturated carbocycles. The topological polar surface area (TPSA) is 92.7 Å². The van der Waals surface area contributed by atoms with Crippen LogP contribution in [-0.2, 0) is 9.53 Å². The molecular formula is C17H15NO5S. The third-order valence-corrected chi connectivity index (χ3v) is 4.05. The molecule has 2 aromatic carbocycles. The van der Waals surface area contributed by atoms with Gasteiger partial charge in [0, 0.05) is 10.6 Å². The van der Waals surface area contributed by atoms with Crippen molar-refractivity contribution in [3.8, 4) is 0 Å². The van der Waals surface area contributed by atoms with Crippen LogP contribution in [0.15, 0.2) is 65.6 Å². The van der Waals surface area contributed by atoms with Crippen molar-refractivity contribution in [1.82, 2.24) is 5.32 Å². The molecule has 124 valence electrons. The molecule has 2 N–H and O–H groups in total. The van der Waals surface area contributed by atoms with Crippen LogP contribution in [0.25, 0.3) is 0 Å². The Kier molecular flexibility index (Phi) is 6.39. The maximum atomic E-state index is 11.8. The van der Waals surface area contributed by atoms with Gasteiger partial charge in [-0.25, -0.2) is 14.4 Å². The number of carbonyl (C=O) groups excluding carboxylic acids is 2. The Labute approximate surface area is 142 Å². The molecule has 1 unspecified atom stereocenters. The minimum Gasteiger partial charge on any atom is -0.480 e. The Morgan fingerprint density at radius 3 is 2.17 bits per heavy atom. The van der Waals surface area contributed by atoms with E-state index in [4.69, 9.17) is 0 Å². The van der Waals surface area contributed by atoms with Crippen molar-refractivity contribution in [2.45, 2.75) is 10.9 Å². The molecule has 1 atom stereocenters. The molecule has 0 saturated heterocycles. The molecule has 24 heavy (non-hydrogen) atoms. The van der Waals surface area contributed by atoms with Crippen LogP contribution in [0, 0.1) is 0 Å². The Morgan fingerprint density at radius 2 is 1.58 bits per heavy atom. The third-order valence-electron chi connectivity index (χ3n) is 2.94. The fourth-order valence-corrected chi connectivity index (χ4v) is 2.69. The van der Waals surface area contributed by atoms with Crippen molar-refractivity contribution in [2.75, 3.05) is 5.75 Å². The molecule has 0 aromatic heterocycles. The lowest BCUT2D eigenvalue weighted by Crippen LogP contribution is -2.43. The van der Waals surface area contributed by atoms with Crippen LogP contribution >= 0.6 is 11.8 Å². The average Bonchev–Trinajstić information content (AvgIpc) is 2.60. The number of carboxylic acids is 1. The number of alkyl carbamates (subject to hydrolysis) is 1. The number of thioether (sulfide) groups is 1. The van der Waals surface area contributed by atoms with E-state index in [0.29, 0.717) is 0 Å². The molecule has 0 fully saturated rings. The number of carboxylic acid groups (broad SMARTS) is 1. The highest BCUT2D eigenvalue weighted by molar-refractivity contribution is 7.99. The lowest BCUT2D eigenvalue weighted by atomic mass is 10.2. The monoisotopic (exact) mass is 345 g/mol. The van der Waals surface area contributed by atoms with Crippen molar-refractivity contribution < 1.29 is 24.2 Å². The summed E-state index contributed by atoms with van der Waals surface area (Å²) in [4.78, 5) is 35.6. The smallest absolute Gasteiger partial charge is 0.415 e. The number of carbonyl (C=O) groups is 3. The molecule has 7 heteroatoms. The van der Waals surface area contributed by atoms with Gasteiger partial charge < -0.3 is 15.2 Å². The molecule has 1 amide bonds. The van der Waals surface area contributed by atoms with Gasteiger partial charge in [-0.2, -0.15) is 0 Å². The number of hydrogen-bond acceptors (Lipinski definition) is 5. The second-order valence-corrected chi connectivity index (χ2v) is 5.80. The van der Waals surface area contributed by atoms with Crippen LogP contribution in [0.5, 0.6) is 0 Å². The standard InChI is InChI=1S/C17H15NO5S/c19-15(20)14(11-24-13-9-5-2-6-10-13)18-17(22)23-16(21)12-7-3-1-4-8-12/h1-10,14H,11H2,(H,18,22)(H,19,20). The second-order valence-electron chi connectivity index (χ2n) is 4.70. The van der Waals surface area contributed by atoms with Crippen LogP contribution in [0.4, 0.5) is 4.79 Å². The summed E-state index contributed by atoms with van der Waals surface area (Å²) in [5, 5.41) is 11.4. The van der Waals surface area contributed by atoms with E-state index in [1.165, 1.54) is 23.9 Å². The first-order valence-corrected chi connectivity index (χ1v) is 8.03. The highest BCUT2D eigenvalue weighted by Gasteiger charge is 2.22. The number of aliphatic carboxylic acids is 1. The molecule has 0 aliphatic rings. The first kappa shape index (κ1) is 17.6. The molecule has 6 nitrogen and oxygen atoms in total. The van der Waals surface area contributed by atoms with Gasteiger partial charge in [-0.3, -0.25) is 0 Å². The van der Waals surface area contributed by atoms with Crippen LogP contribution in [0.1, 0.15) is 10.4 Å². The largest absolute Gasteiger partial charge is 0.480 e. The molecule has 0 heterocycles. The van der Waals surface area contributed by atoms with E-state index in [1.54, 1.807) is 18.2 Å². The van der Waals surface area contributed by atoms with Crippen molar-refractivity contribution >= 4 is 29.8 Å². The summed E-state index contributed by atoms with van der Waals surface area (Å²) in [5.74, 6) is -1.94. The fraction of sp³-hybridized carbons (Fsp3) is 0.118. The van der Waals surface area contributed by atoms with Crippen molar-refractivity contribution in [3.63, 3.8) is 0 Å². The number of esters is 1. The third kappa shape index (κ3) is 5.44. The van der Waals surface area contributed by atoms with Gasteiger partial charge in [0.15, 0.2) is 0 Å². The van der Waals surface area contributed by atoms with E-state index in [1.807, 2.05) is 30.3 Å². The molecule has 0 aliphatic carbocycles. The van der Waals surface area contributed by atoms with Crippen LogP contribution in [-0.4, -0.2) is 34.9 Å². The highest BCUT2D eigenvalue weighted by Crippen LogP contribution is 2.18. The quantitative estimate of drug-likeness (QED) is 0.475. The number of ether oxygens (including phenoxy) is 1. The zero-order valence-electron chi connectivity index (χ0n) is 12.5. The van der Waals surface area contributed by atoms with E-state index in [2.05, 4.69) is 10.1 Å². The summed E-state index contributed by atoms with van der Waals surface area (Å²) in [7, 11) is 0. The molecule has 2 aromatic rings. The lowest BCUT2D eigenvalue weighted by molar-refractivity contribution is -0.138. The molecular weight excluding hydrogens is 330 g/mol. The van der Waals surface area contributed by atoms with Gasteiger partial charge >= 0.3 is 18.0 Å². The predicted octanol–water partition coefficient (Wildman–Crippen LogP) is 2.80. The number of nitrogens with one attached hydrogen (secondary N) is 1. The van der Waals surface area contributed by atoms with Gasteiger partial charge in [-0.05, 0) is 24.3 Å². The Bertz CT molecular complexity index is 705. The summed E-state index contributed by atoms with van der Waals surface area (Å²) in [6, 6.07) is 16.0. The van der Waals surface area contributed by atoms with Gasteiger partial charge in [-0.15, -0.1) is 11.8 Å². The van der Waals surface area contributed by atoms with Gasteiger partial charge in [-0.1, -0.05) is 36.4 Å². The van der Waals surface area contributed by atoms with E-state index in [0.717, 1.165) is 4.90 Å². The highest BCUT2D eigenvalue weighted by atomic mass is 32.2. The lowest BCUT2D eigenvalue weighted by Gasteiger charge is -2.13. The van der Waals surface area contributed by atoms with E-state index in [-0.39, 0.29) is 11.3 Å². The number of rotatable bonds is 6. The number of hydrogen-bond donors (Lipinski definition) is 2. The summed E-state index contributed by atoms with van der Waals surface area (Å²) in [6.07, 6.45) is -1.09. The minimum absolute atomic E-state index is 0.105. The Morgan fingerprint density at radius 1 is 1.00 bits per heavy atom. The predicted molar refractivity (Wildman–Crippen MR) is 89.0 cm³/mol. The maximum Gasteiger partial charge on any atom is 0.415 e. The van der Waals surface area contributed by atoms with Gasteiger partial charge in [0.05, 0.1) is 5.56 Å². The molecule has 0 bridgehead atoms. The zero-order valence-corrected chi connectivity index (χ0v) is 13.4.